The van der Waals surface area contributed by atoms with E-state index < -0.39 is 0 Å². The molecule has 2 aromatic heterocycles. The van der Waals surface area contributed by atoms with Crippen molar-refractivity contribution >= 4 is 23.1 Å². The number of nitrogen functional groups attached to an aromatic ring is 1. The first-order chi connectivity index (χ1) is 14.3. The highest BCUT2D eigenvalue weighted by Crippen LogP contribution is 2.36. The van der Waals surface area contributed by atoms with E-state index in [9.17, 15) is 0 Å². The number of nitrogens with zero attached hydrogens (tertiary/aromatic N) is 5. The highest BCUT2D eigenvalue weighted by Gasteiger charge is 2.21. The second kappa shape index (κ2) is 7.67. The predicted molar refractivity (Wildman–Crippen MR) is 114 cm³/mol. The molecule has 0 unspecified atom stereocenters. The van der Waals surface area contributed by atoms with Crippen LogP contribution in [0.4, 0.5) is 23.1 Å². The summed E-state index contributed by atoms with van der Waals surface area (Å²) in [6, 6.07) is 13.0. The molecular weight excluding hydrogens is 364 g/mol. The summed E-state index contributed by atoms with van der Waals surface area (Å²) in [5.41, 5.74) is 11.2. The van der Waals surface area contributed by atoms with Crippen LogP contribution in [0.3, 0.4) is 0 Å². The summed E-state index contributed by atoms with van der Waals surface area (Å²) in [6.45, 7) is 4.11. The van der Waals surface area contributed by atoms with Gasteiger partial charge in [0.05, 0.1) is 18.9 Å². The molecule has 4 heterocycles. The van der Waals surface area contributed by atoms with Gasteiger partial charge in [-0.25, -0.2) is 15.0 Å². The lowest BCUT2D eigenvalue weighted by Crippen LogP contribution is -2.37. The molecule has 2 aliphatic rings. The van der Waals surface area contributed by atoms with Gasteiger partial charge in [0.2, 0.25) is 5.95 Å². The van der Waals surface area contributed by atoms with Gasteiger partial charge in [-0.3, -0.25) is 0 Å². The van der Waals surface area contributed by atoms with Crippen molar-refractivity contribution < 1.29 is 4.74 Å². The van der Waals surface area contributed by atoms with Crippen molar-refractivity contribution in [3.05, 3.63) is 54.4 Å². The van der Waals surface area contributed by atoms with Crippen LogP contribution in [-0.4, -0.2) is 47.8 Å². The lowest BCUT2D eigenvalue weighted by molar-refractivity contribution is 0.122. The van der Waals surface area contributed by atoms with Crippen molar-refractivity contribution in [2.24, 2.45) is 0 Å². The Morgan fingerprint density at radius 1 is 0.966 bits per heavy atom. The molecule has 0 radical (unpaired) electrons. The Kier molecular flexibility index (Phi) is 4.73. The van der Waals surface area contributed by atoms with Crippen LogP contribution in [0.1, 0.15) is 12.0 Å². The van der Waals surface area contributed by atoms with Crippen molar-refractivity contribution in [2.45, 2.75) is 12.8 Å². The summed E-state index contributed by atoms with van der Waals surface area (Å²) in [6.07, 6.45) is 5.72. The SMILES string of the molecule is Nc1ncc(-c2cc(N3CCCc4ccccc43)cc(N3CCOCC3)n2)cn1. The molecule has 0 saturated carbocycles. The monoisotopic (exact) mass is 388 g/mol. The minimum absolute atomic E-state index is 0.267. The maximum atomic E-state index is 5.68. The lowest BCUT2D eigenvalue weighted by atomic mass is 10.0. The lowest BCUT2D eigenvalue weighted by Gasteiger charge is -2.33. The van der Waals surface area contributed by atoms with Crippen LogP contribution in [0.5, 0.6) is 0 Å². The highest BCUT2D eigenvalue weighted by atomic mass is 16.5. The molecule has 2 aliphatic heterocycles. The third-order valence-electron chi connectivity index (χ3n) is 5.52. The van der Waals surface area contributed by atoms with Gasteiger partial charge in [-0.2, -0.15) is 0 Å². The number of anilines is 4. The molecule has 0 aliphatic carbocycles. The number of hydrogen-bond donors (Lipinski definition) is 1. The van der Waals surface area contributed by atoms with Crippen molar-refractivity contribution in [1.29, 1.82) is 0 Å². The van der Waals surface area contributed by atoms with Crippen LogP contribution in [0.25, 0.3) is 11.3 Å². The van der Waals surface area contributed by atoms with E-state index in [4.69, 9.17) is 15.5 Å². The molecule has 2 N–H and O–H groups in total. The van der Waals surface area contributed by atoms with E-state index in [1.54, 1.807) is 12.4 Å². The van der Waals surface area contributed by atoms with Gasteiger partial charge in [0.1, 0.15) is 5.82 Å². The van der Waals surface area contributed by atoms with Crippen LogP contribution < -0.4 is 15.5 Å². The minimum Gasteiger partial charge on any atom is -0.378 e. The molecule has 7 nitrogen and oxygen atoms in total. The second-order valence-corrected chi connectivity index (χ2v) is 7.38. The molecule has 3 aromatic rings. The maximum Gasteiger partial charge on any atom is 0.219 e. The minimum atomic E-state index is 0.267. The zero-order chi connectivity index (χ0) is 19.6. The summed E-state index contributed by atoms with van der Waals surface area (Å²) in [4.78, 5) is 17.9. The zero-order valence-electron chi connectivity index (χ0n) is 16.3. The van der Waals surface area contributed by atoms with Gasteiger partial charge in [0.15, 0.2) is 0 Å². The predicted octanol–water partition coefficient (Wildman–Crippen LogP) is 3.04. The van der Waals surface area contributed by atoms with Crippen LogP contribution in [0, 0.1) is 0 Å². The molecule has 0 spiro atoms. The van der Waals surface area contributed by atoms with Gasteiger partial charge < -0.3 is 20.3 Å². The van der Waals surface area contributed by atoms with Crippen LogP contribution >= 0.6 is 0 Å². The van der Waals surface area contributed by atoms with Gasteiger partial charge in [-0.05, 0) is 30.5 Å². The largest absolute Gasteiger partial charge is 0.378 e. The summed E-state index contributed by atoms with van der Waals surface area (Å²) < 4.78 is 5.53. The molecular formula is C22H24N6O. The smallest absolute Gasteiger partial charge is 0.219 e. The summed E-state index contributed by atoms with van der Waals surface area (Å²) in [5.74, 6) is 1.23. The van der Waals surface area contributed by atoms with E-state index in [0.717, 1.165) is 68.5 Å². The fraction of sp³-hybridized carbons (Fsp3) is 0.318. The van der Waals surface area contributed by atoms with E-state index in [0.29, 0.717) is 0 Å². The Labute approximate surface area is 170 Å². The molecule has 1 saturated heterocycles. The summed E-state index contributed by atoms with van der Waals surface area (Å²) >= 11 is 0. The van der Waals surface area contributed by atoms with Crippen LogP contribution in [0.15, 0.2) is 48.8 Å². The van der Waals surface area contributed by atoms with Crippen molar-refractivity contribution in [3.8, 4) is 11.3 Å². The second-order valence-electron chi connectivity index (χ2n) is 7.38. The van der Waals surface area contributed by atoms with Crippen molar-refractivity contribution in [3.63, 3.8) is 0 Å². The molecule has 5 rings (SSSR count). The topological polar surface area (TPSA) is 80.4 Å². The number of nitrogens with two attached hydrogens (primary N) is 1. The van der Waals surface area contributed by atoms with Crippen LogP contribution in [-0.2, 0) is 11.2 Å². The summed E-state index contributed by atoms with van der Waals surface area (Å²) in [7, 11) is 0. The molecule has 0 bridgehead atoms. The van der Waals surface area contributed by atoms with Gasteiger partial charge in [0.25, 0.3) is 0 Å². The van der Waals surface area contributed by atoms with Gasteiger partial charge in [-0.1, -0.05) is 18.2 Å². The Hall–Kier alpha value is -3.19. The Bertz CT molecular complexity index is 1000. The number of para-hydroxylation sites is 1. The number of aromatic nitrogens is 3. The molecule has 0 amide bonds. The Morgan fingerprint density at radius 3 is 2.59 bits per heavy atom. The highest BCUT2D eigenvalue weighted by molar-refractivity contribution is 5.74. The van der Waals surface area contributed by atoms with E-state index in [1.165, 1.54) is 11.3 Å². The number of rotatable bonds is 3. The molecule has 29 heavy (non-hydrogen) atoms. The van der Waals surface area contributed by atoms with E-state index >= 15 is 0 Å². The van der Waals surface area contributed by atoms with Crippen molar-refractivity contribution in [1.82, 2.24) is 15.0 Å². The van der Waals surface area contributed by atoms with Gasteiger partial charge in [0, 0.05) is 55.0 Å². The average molecular weight is 388 g/mol. The maximum absolute atomic E-state index is 5.68. The fourth-order valence-corrected chi connectivity index (χ4v) is 4.03. The third-order valence-corrected chi connectivity index (χ3v) is 5.52. The molecule has 1 aromatic carbocycles. The van der Waals surface area contributed by atoms with Crippen molar-refractivity contribution in [2.75, 3.05) is 48.4 Å². The molecule has 1 fully saturated rings. The van der Waals surface area contributed by atoms with Gasteiger partial charge in [-0.15, -0.1) is 0 Å². The third kappa shape index (κ3) is 3.61. The Balaban J connectivity index is 1.61. The molecule has 148 valence electrons. The molecule has 0 atom stereocenters. The normalized spacial score (nSPS) is 16.6. The first-order valence-corrected chi connectivity index (χ1v) is 10.1. The van der Waals surface area contributed by atoms with Crippen LogP contribution in [0.2, 0.25) is 0 Å². The number of hydrogen-bond acceptors (Lipinski definition) is 7. The first-order valence-electron chi connectivity index (χ1n) is 10.1. The van der Waals surface area contributed by atoms with E-state index in [1.807, 2.05) is 0 Å². The number of aryl methyl sites for hydroxylation is 1. The zero-order valence-corrected chi connectivity index (χ0v) is 16.3. The number of ether oxygens (including phenoxy) is 1. The standard InChI is InChI=1S/C22H24N6O/c23-22-24-14-17(15-25-22)19-12-18(13-21(26-19)27-8-10-29-11-9-27)28-7-3-5-16-4-1-2-6-20(16)28/h1-2,4,6,12-15H,3,5,7-11H2,(H2,23,24,25). The number of morpholine rings is 1. The number of benzene rings is 1. The quantitative estimate of drug-likeness (QED) is 0.739. The fourth-order valence-electron chi connectivity index (χ4n) is 4.03. The van der Waals surface area contributed by atoms with Gasteiger partial charge >= 0.3 is 0 Å². The first kappa shape index (κ1) is 17.9. The summed E-state index contributed by atoms with van der Waals surface area (Å²) in [5, 5.41) is 0. The molecule has 7 heteroatoms. The van der Waals surface area contributed by atoms with E-state index in [2.05, 4.69) is 56.2 Å². The number of fused-ring (bicyclic) bond motifs is 1. The number of pyridine rings is 1. The Morgan fingerprint density at radius 2 is 1.76 bits per heavy atom. The average Bonchev–Trinajstić information content (AvgIpc) is 2.79. The van der Waals surface area contributed by atoms with E-state index in [-0.39, 0.29) is 5.95 Å².